The second-order valence-corrected chi connectivity index (χ2v) is 6.34. The van der Waals surface area contributed by atoms with Crippen LogP contribution in [0.4, 0.5) is 0 Å². The Morgan fingerprint density at radius 2 is 1.94 bits per heavy atom. The summed E-state index contributed by atoms with van der Waals surface area (Å²) in [7, 11) is 2.28. The lowest BCUT2D eigenvalue weighted by Gasteiger charge is -2.47. The number of fused-ring (bicyclic) bond motifs is 2. The van der Waals surface area contributed by atoms with Crippen LogP contribution in [0.25, 0.3) is 0 Å². The summed E-state index contributed by atoms with van der Waals surface area (Å²) in [6.07, 6.45) is 6.50. The van der Waals surface area contributed by atoms with Gasteiger partial charge in [0.1, 0.15) is 0 Å². The number of nitrogens with zero attached hydrogens (tertiary/aromatic N) is 2. The number of guanidine groups is 1. The van der Waals surface area contributed by atoms with Crippen LogP contribution in [-0.2, 0) is 0 Å². The summed E-state index contributed by atoms with van der Waals surface area (Å²) in [6, 6.07) is 2.01. The fraction of sp³-hybridized carbons (Fsp3) is 0.929. The average Bonchev–Trinajstić information content (AvgIpc) is 2.28. The Morgan fingerprint density at radius 3 is 2.50 bits per heavy atom. The van der Waals surface area contributed by atoms with Crippen LogP contribution >= 0.6 is 0 Å². The van der Waals surface area contributed by atoms with Gasteiger partial charge >= 0.3 is 0 Å². The molecule has 18 heavy (non-hydrogen) atoms. The van der Waals surface area contributed by atoms with Gasteiger partial charge in [-0.15, -0.1) is 0 Å². The van der Waals surface area contributed by atoms with Crippen molar-refractivity contribution in [2.45, 2.75) is 64.1 Å². The number of piperidine rings is 2. The normalized spacial score (nSPS) is 33.8. The summed E-state index contributed by atoms with van der Waals surface area (Å²) in [5.41, 5.74) is 5.96. The molecule has 2 aliphatic rings. The maximum atomic E-state index is 5.96. The van der Waals surface area contributed by atoms with Gasteiger partial charge in [-0.05, 0) is 38.6 Å². The highest BCUT2D eigenvalue weighted by molar-refractivity contribution is 5.78. The summed E-state index contributed by atoms with van der Waals surface area (Å²) in [5.74, 6) is 1.21. The zero-order valence-corrected chi connectivity index (χ0v) is 12.0. The van der Waals surface area contributed by atoms with Gasteiger partial charge in [-0.25, -0.2) is 0 Å². The first-order valence-electron chi connectivity index (χ1n) is 7.34. The maximum Gasteiger partial charge on any atom is 0.188 e. The Morgan fingerprint density at radius 1 is 1.33 bits per heavy atom. The number of nitrogens with two attached hydrogens (primary N) is 1. The second kappa shape index (κ2) is 5.91. The van der Waals surface area contributed by atoms with Crippen LogP contribution in [0, 0.1) is 5.92 Å². The molecular formula is C14H28N4. The minimum Gasteiger partial charge on any atom is -0.370 e. The van der Waals surface area contributed by atoms with Gasteiger partial charge in [-0.2, -0.15) is 0 Å². The van der Waals surface area contributed by atoms with Gasteiger partial charge in [-0.3, -0.25) is 4.99 Å². The van der Waals surface area contributed by atoms with Crippen molar-refractivity contribution in [2.75, 3.05) is 13.6 Å². The molecule has 2 atom stereocenters. The molecule has 0 aliphatic carbocycles. The molecule has 4 heteroatoms. The lowest BCUT2D eigenvalue weighted by Crippen LogP contribution is -2.56. The number of rotatable bonds is 3. The summed E-state index contributed by atoms with van der Waals surface area (Å²) in [6.45, 7) is 5.14. The Kier molecular flexibility index (Phi) is 4.49. The van der Waals surface area contributed by atoms with E-state index >= 15 is 0 Å². The standard InChI is InChI=1S/C14H28N4/c1-10(2)9-16-14(15)17-11-7-12-5-4-6-13(8-11)18(12)3/h10-13H,4-9H2,1-3H3,(H3,15,16,17). The highest BCUT2D eigenvalue weighted by Crippen LogP contribution is 2.32. The highest BCUT2D eigenvalue weighted by Gasteiger charge is 2.35. The topological polar surface area (TPSA) is 53.6 Å². The molecule has 0 aromatic carbocycles. The van der Waals surface area contributed by atoms with Gasteiger partial charge in [0, 0.05) is 24.7 Å². The fourth-order valence-corrected chi connectivity index (χ4v) is 3.27. The van der Waals surface area contributed by atoms with E-state index in [9.17, 15) is 0 Å². The van der Waals surface area contributed by atoms with E-state index in [1.54, 1.807) is 0 Å². The van der Waals surface area contributed by atoms with E-state index in [-0.39, 0.29) is 0 Å². The van der Waals surface area contributed by atoms with Crippen LogP contribution in [0.2, 0.25) is 0 Å². The van der Waals surface area contributed by atoms with E-state index in [0.717, 1.165) is 18.6 Å². The number of hydrogen-bond donors (Lipinski definition) is 2. The second-order valence-electron chi connectivity index (χ2n) is 6.34. The van der Waals surface area contributed by atoms with Gasteiger partial charge in [-0.1, -0.05) is 20.3 Å². The number of hydrogen-bond acceptors (Lipinski definition) is 2. The Hall–Kier alpha value is -0.770. The van der Waals surface area contributed by atoms with Crippen molar-refractivity contribution in [1.82, 2.24) is 10.2 Å². The SMILES string of the molecule is CC(C)CN=C(N)NC1CC2CCCC(C1)N2C. The van der Waals surface area contributed by atoms with Crippen molar-refractivity contribution in [1.29, 1.82) is 0 Å². The first-order chi connectivity index (χ1) is 8.56. The molecule has 4 nitrogen and oxygen atoms in total. The van der Waals surface area contributed by atoms with Gasteiger partial charge < -0.3 is 16.0 Å². The summed E-state index contributed by atoms with van der Waals surface area (Å²) < 4.78 is 0. The molecule has 0 amide bonds. The monoisotopic (exact) mass is 252 g/mol. The van der Waals surface area contributed by atoms with Gasteiger partial charge in [0.2, 0.25) is 0 Å². The molecule has 0 spiro atoms. The van der Waals surface area contributed by atoms with E-state index in [4.69, 9.17) is 5.73 Å². The average molecular weight is 252 g/mol. The zero-order chi connectivity index (χ0) is 13.1. The van der Waals surface area contributed by atoms with Crippen LogP contribution in [0.1, 0.15) is 46.0 Å². The molecule has 2 unspecified atom stereocenters. The number of nitrogens with one attached hydrogen (secondary N) is 1. The molecule has 0 radical (unpaired) electrons. The van der Waals surface area contributed by atoms with Crippen molar-refractivity contribution in [3.05, 3.63) is 0 Å². The summed E-state index contributed by atoms with van der Waals surface area (Å²) in [4.78, 5) is 6.97. The fourth-order valence-electron chi connectivity index (χ4n) is 3.27. The maximum absolute atomic E-state index is 5.96. The van der Waals surface area contributed by atoms with Crippen LogP contribution in [0.3, 0.4) is 0 Å². The van der Waals surface area contributed by atoms with Gasteiger partial charge in [0.05, 0.1) is 0 Å². The summed E-state index contributed by atoms with van der Waals surface area (Å²) >= 11 is 0. The van der Waals surface area contributed by atoms with Crippen LogP contribution in [0.5, 0.6) is 0 Å². The molecule has 0 aromatic rings. The predicted molar refractivity (Wildman–Crippen MR) is 76.7 cm³/mol. The first kappa shape index (κ1) is 13.7. The Labute approximate surface area is 111 Å². The molecular weight excluding hydrogens is 224 g/mol. The Bertz CT molecular complexity index is 286. The molecule has 104 valence electrons. The van der Waals surface area contributed by atoms with E-state index in [2.05, 4.69) is 36.1 Å². The van der Waals surface area contributed by atoms with E-state index < -0.39 is 0 Å². The van der Waals surface area contributed by atoms with Crippen molar-refractivity contribution < 1.29 is 0 Å². The predicted octanol–water partition coefficient (Wildman–Crippen LogP) is 1.56. The van der Waals surface area contributed by atoms with Crippen LogP contribution < -0.4 is 11.1 Å². The van der Waals surface area contributed by atoms with Gasteiger partial charge in [0.25, 0.3) is 0 Å². The molecule has 2 rings (SSSR count). The van der Waals surface area contributed by atoms with Crippen molar-refractivity contribution in [3.63, 3.8) is 0 Å². The molecule has 2 fully saturated rings. The molecule has 0 aromatic heterocycles. The number of aliphatic imine (C=N–C) groups is 1. The van der Waals surface area contributed by atoms with Crippen molar-refractivity contribution in [2.24, 2.45) is 16.6 Å². The van der Waals surface area contributed by atoms with Crippen molar-refractivity contribution in [3.8, 4) is 0 Å². The van der Waals surface area contributed by atoms with E-state index in [1.807, 2.05) is 0 Å². The van der Waals surface area contributed by atoms with E-state index in [0.29, 0.717) is 17.9 Å². The molecule has 3 N–H and O–H groups in total. The van der Waals surface area contributed by atoms with Crippen LogP contribution in [0.15, 0.2) is 4.99 Å². The van der Waals surface area contributed by atoms with Gasteiger partial charge in [0.15, 0.2) is 5.96 Å². The third kappa shape index (κ3) is 3.37. The zero-order valence-electron chi connectivity index (χ0n) is 12.0. The minimum absolute atomic E-state index is 0.521. The summed E-state index contributed by atoms with van der Waals surface area (Å²) in [5, 5.41) is 3.42. The minimum atomic E-state index is 0.521. The molecule has 2 saturated heterocycles. The van der Waals surface area contributed by atoms with Crippen LogP contribution in [-0.4, -0.2) is 42.6 Å². The molecule has 2 heterocycles. The highest BCUT2D eigenvalue weighted by atomic mass is 15.2. The molecule has 0 saturated carbocycles. The Balaban J connectivity index is 1.86. The smallest absolute Gasteiger partial charge is 0.188 e. The van der Waals surface area contributed by atoms with E-state index in [1.165, 1.54) is 32.1 Å². The largest absolute Gasteiger partial charge is 0.370 e. The first-order valence-corrected chi connectivity index (χ1v) is 7.34. The lowest BCUT2D eigenvalue weighted by molar-refractivity contribution is 0.0528. The molecule has 2 bridgehead atoms. The third-order valence-electron chi connectivity index (χ3n) is 4.32. The quantitative estimate of drug-likeness (QED) is 0.592. The lowest BCUT2D eigenvalue weighted by atomic mass is 9.82. The third-order valence-corrected chi connectivity index (χ3v) is 4.32. The molecule has 2 aliphatic heterocycles. The van der Waals surface area contributed by atoms with Crippen molar-refractivity contribution >= 4 is 5.96 Å².